The summed E-state index contributed by atoms with van der Waals surface area (Å²) in [7, 11) is 1.79. The predicted molar refractivity (Wildman–Crippen MR) is 83.6 cm³/mol. The number of Topliss-reactive ketones (excluding diaryl/α,β-unsaturated/α-hetero) is 1. The molecule has 8 atom stereocenters. The minimum atomic E-state index is -0.203. The molecule has 2 saturated heterocycles. The molecule has 5 rings (SSSR count). The first-order chi connectivity index (χ1) is 10.6. The highest BCUT2D eigenvalue weighted by Crippen LogP contribution is 2.64. The first-order valence-corrected chi connectivity index (χ1v) is 9.45. The monoisotopic (exact) mass is 324 g/mol. The standard InChI is InChI=1S/C17H24O4S/c1-8(18)9-5-3-4-6-10(9)17(19)21-14-12-7-11-13(20-2)15(12)22-16(11)14/h9-16H,3-7H2,1-2H3/t9?,10?,11-,12-,13?,14?,15?,16?/m1/s1. The molecular formula is C17H24O4S. The number of ketones is 1. The Morgan fingerprint density at radius 2 is 1.64 bits per heavy atom. The van der Waals surface area contributed by atoms with E-state index in [0.717, 1.165) is 32.1 Å². The van der Waals surface area contributed by atoms with E-state index in [9.17, 15) is 9.59 Å². The van der Waals surface area contributed by atoms with Gasteiger partial charge < -0.3 is 9.47 Å². The van der Waals surface area contributed by atoms with E-state index >= 15 is 0 Å². The minimum Gasteiger partial charge on any atom is -0.461 e. The van der Waals surface area contributed by atoms with E-state index in [-0.39, 0.29) is 29.7 Å². The van der Waals surface area contributed by atoms with Crippen LogP contribution in [0, 0.1) is 23.7 Å². The fourth-order valence-electron chi connectivity index (χ4n) is 5.32. The fraction of sp³-hybridized carbons (Fsp3) is 0.882. The van der Waals surface area contributed by atoms with Gasteiger partial charge in [-0.2, -0.15) is 0 Å². The van der Waals surface area contributed by atoms with Crippen LogP contribution in [0.25, 0.3) is 0 Å². The molecule has 2 heterocycles. The zero-order valence-corrected chi connectivity index (χ0v) is 14.0. The zero-order chi connectivity index (χ0) is 15.4. The summed E-state index contributed by atoms with van der Waals surface area (Å²) in [4.78, 5) is 24.4. The number of hydrogen-bond acceptors (Lipinski definition) is 5. The van der Waals surface area contributed by atoms with Gasteiger partial charge in [-0.05, 0) is 26.2 Å². The molecule has 5 aliphatic rings. The number of hydrogen-bond donors (Lipinski definition) is 0. The SMILES string of the molecule is COC1C2SC3C(OC(=O)C4CCCCC4C(C)=O)[C@H]2C[C@H]13. The normalized spacial score (nSPS) is 48.8. The quantitative estimate of drug-likeness (QED) is 0.744. The van der Waals surface area contributed by atoms with Gasteiger partial charge in [-0.15, -0.1) is 11.8 Å². The van der Waals surface area contributed by atoms with Crippen molar-refractivity contribution in [2.45, 2.75) is 61.7 Å². The van der Waals surface area contributed by atoms with E-state index in [0.29, 0.717) is 28.4 Å². The molecular weight excluding hydrogens is 300 g/mol. The van der Waals surface area contributed by atoms with Crippen molar-refractivity contribution in [3.63, 3.8) is 0 Å². The zero-order valence-electron chi connectivity index (χ0n) is 13.2. The van der Waals surface area contributed by atoms with E-state index in [2.05, 4.69) is 0 Å². The molecule has 22 heavy (non-hydrogen) atoms. The molecule has 0 spiro atoms. The minimum absolute atomic E-state index is 0.0634. The lowest BCUT2D eigenvalue weighted by Gasteiger charge is -2.31. The second kappa shape index (κ2) is 5.52. The molecule has 5 heteroatoms. The molecule has 3 aliphatic carbocycles. The number of thioether (sulfide) groups is 1. The van der Waals surface area contributed by atoms with Gasteiger partial charge in [0, 0.05) is 35.4 Å². The van der Waals surface area contributed by atoms with Crippen molar-refractivity contribution in [3.05, 3.63) is 0 Å². The van der Waals surface area contributed by atoms with Crippen LogP contribution in [0.5, 0.6) is 0 Å². The molecule has 5 fully saturated rings. The highest BCUT2D eigenvalue weighted by molar-refractivity contribution is 8.01. The summed E-state index contributed by atoms with van der Waals surface area (Å²) in [6, 6.07) is 0. The molecule has 0 aromatic carbocycles. The van der Waals surface area contributed by atoms with Crippen molar-refractivity contribution in [1.82, 2.24) is 0 Å². The number of carbonyl (C=O) groups is 2. The van der Waals surface area contributed by atoms with Crippen LogP contribution < -0.4 is 0 Å². The Hall–Kier alpha value is -0.550. The van der Waals surface area contributed by atoms with Crippen LogP contribution in [-0.2, 0) is 19.1 Å². The van der Waals surface area contributed by atoms with Gasteiger partial charge in [0.1, 0.15) is 11.9 Å². The summed E-state index contributed by atoms with van der Waals surface area (Å²) in [6.45, 7) is 1.61. The summed E-state index contributed by atoms with van der Waals surface area (Å²) < 4.78 is 11.6. The third-order valence-electron chi connectivity index (χ3n) is 6.31. The van der Waals surface area contributed by atoms with Crippen LogP contribution >= 0.6 is 11.8 Å². The first-order valence-electron chi connectivity index (χ1n) is 8.51. The maximum Gasteiger partial charge on any atom is 0.309 e. The van der Waals surface area contributed by atoms with Gasteiger partial charge in [0.2, 0.25) is 0 Å². The molecule has 122 valence electrons. The van der Waals surface area contributed by atoms with Crippen LogP contribution in [-0.4, -0.2) is 41.6 Å². The molecule has 2 aliphatic heterocycles. The number of rotatable bonds is 4. The second-order valence-corrected chi connectivity index (χ2v) is 8.70. The third-order valence-corrected chi connectivity index (χ3v) is 8.17. The molecule has 0 radical (unpaired) electrons. The molecule has 6 unspecified atom stereocenters. The van der Waals surface area contributed by atoms with Crippen molar-refractivity contribution in [3.8, 4) is 0 Å². The summed E-state index contributed by atoms with van der Waals surface area (Å²) in [6.07, 6.45) is 5.30. The van der Waals surface area contributed by atoms with Gasteiger partial charge in [0.15, 0.2) is 0 Å². The topological polar surface area (TPSA) is 52.6 Å². The van der Waals surface area contributed by atoms with E-state index < -0.39 is 0 Å². The van der Waals surface area contributed by atoms with Gasteiger partial charge in [-0.3, -0.25) is 9.59 Å². The fourth-order valence-corrected chi connectivity index (χ4v) is 7.50. The number of ether oxygens (including phenoxy) is 2. The van der Waals surface area contributed by atoms with Gasteiger partial charge >= 0.3 is 5.97 Å². The van der Waals surface area contributed by atoms with Crippen molar-refractivity contribution in [2.24, 2.45) is 23.7 Å². The van der Waals surface area contributed by atoms with Gasteiger partial charge in [0.05, 0.1) is 12.0 Å². The number of methoxy groups -OCH3 is 1. The van der Waals surface area contributed by atoms with Crippen LogP contribution in [0.3, 0.4) is 0 Å². The molecule has 0 aromatic rings. The molecule has 0 aromatic heterocycles. The Kier molecular flexibility index (Phi) is 3.76. The average Bonchev–Trinajstić information content (AvgIpc) is 3.23. The highest BCUT2D eigenvalue weighted by atomic mass is 32.2. The molecule has 3 saturated carbocycles. The Labute approximate surface area is 135 Å². The van der Waals surface area contributed by atoms with Crippen molar-refractivity contribution in [2.75, 3.05) is 7.11 Å². The lowest BCUT2D eigenvalue weighted by molar-refractivity contribution is -0.161. The van der Waals surface area contributed by atoms with Crippen molar-refractivity contribution in [1.29, 1.82) is 0 Å². The van der Waals surface area contributed by atoms with E-state index in [1.165, 1.54) is 0 Å². The summed E-state index contributed by atoms with van der Waals surface area (Å²) >= 11 is 1.96. The van der Waals surface area contributed by atoms with E-state index in [1.54, 1.807) is 14.0 Å². The maximum absolute atomic E-state index is 12.6. The third kappa shape index (κ3) is 2.08. The number of carbonyl (C=O) groups excluding carboxylic acids is 2. The van der Waals surface area contributed by atoms with Crippen molar-refractivity contribution >= 4 is 23.5 Å². The first kappa shape index (κ1) is 15.0. The Morgan fingerprint density at radius 3 is 2.18 bits per heavy atom. The predicted octanol–water partition coefficient (Wildman–Crippen LogP) is 2.44. The van der Waals surface area contributed by atoms with Crippen LogP contribution in [0.1, 0.15) is 39.0 Å². The molecule has 4 nitrogen and oxygen atoms in total. The van der Waals surface area contributed by atoms with Crippen molar-refractivity contribution < 1.29 is 19.1 Å². The Bertz CT molecular complexity index is 475. The average molecular weight is 324 g/mol. The smallest absolute Gasteiger partial charge is 0.309 e. The van der Waals surface area contributed by atoms with Crippen LogP contribution in [0.4, 0.5) is 0 Å². The second-order valence-electron chi connectivity index (χ2n) is 7.34. The molecule has 0 N–H and O–H groups in total. The highest BCUT2D eigenvalue weighted by Gasteiger charge is 2.67. The molecule has 4 bridgehead atoms. The van der Waals surface area contributed by atoms with E-state index in [4.69, 9.17) is 9.47 Å². The molecule has 0 amide bonds. The number of esters is 1. The largest absolute Gasteiger partial charge is 0.461 e. The van der Waals surface area contributed by atoms with Gasteiger partial charge in [0.25, 0.3) is 0 Å². The Morgan fingerprint density at radius 1 is 1.00 bits per heavy atom. The Balaban J connectivity index is 1.43. The summed E-state index contributed by atoms with van der Waals surface area (Å²) in [5.41, 5.74) is 0. The van der Waals surface area contributed by atoms with Gasteiger partial charge in [-0.25, -0.2) is 0 Å². The summed E-state index contributed by atoms with van der Waals surface area (Å²) in [5, 5.41) is 0.927. The maximum atomic E-state index is 12.6. The van der Waals surface area contributed by atoms with Crippen LogP contribution in [0.2, 0.25) is 0 Å². The summed E-state index contributed by atoms with van der Waals surface area (Å²) in [5.74, 6) is 0.733. The van der Waals surface area contributed by atoms with E-state index in [1.807, 2.05) is 11.8 Å². The lowest BCUT2D eigenvalue weighted by Crippen LogP contribution is -2.41. The lowest BCUT2D eigenvalue weighted by atomic mass is 9.77. The van der Waals surface area contributed by atoms with Crippen LogP contribution in [0.15, 0.2) is 0 Å². The van der Waals surface area contributed by atoms with Gasteiger partial charge in [-0.1, -0.05) is 12.8 Å².